The summed E-state index contributed by atoms with van der Waals surface area (Å²) in [6.45, 7) is 5.58. The summed E-state index contributed by atoms with van der Waals surface area (Å²) in [7, 11) is 0. The Morgan fingerprint density at radius 3 is 2.80 bits per heavy atom. The lowest BCUT2D eigenvalue weighted by Gasteiger charge is -2.26. The van der Waals surface area contributed by atoms with Crippen LogP contribution in [-0.2, 0) is 9.53 Å². The highest BCUT2D eigenvalue weighted by molar-refractivity contribution is 5.84. The van der Waals surface area contributed by atoms with Crippen molar-refractivity contribution in [3.05, 3.63) is 0 Å². The van der Waals surface area contributed by atoms with Gasteiger partial charge in [-0.1, -0.05) is 0 Å². The normalized spacial score (nSPS) is 20.7. The van der Waals surface area contributed by atoms with Gasteiger partial charge in [-0.25, -0.2) is 4.99 Å². The summed E-state index contributed by atoms with van der Waals surface area (Å²) < 4.78 is 5.30. The molecule has 0 bridgehead atoms. The molecule has 2 aliphatic rings. The SMILES string of the molecule is NC(=NCC(=O)NC1CC1)NCCCN1CCOCC1. The van der Waals surface area contributed by atoms with Crippen molar-refractivity contribution in [3.8, 4) is 0 Å². The van der Waals surface area contributed by atoms with Gasteiger partial charge in [-0.05, 0) is 25.8 Å². The fraction of sp³-hybridized carbons (Fsp3) is 0.846. The topological polar surface area (TPSA) is 92.0 Å². The molecule has 1 aliphatic carbocycles. The van der Waals surface area contributed by atoms with Gasteiger partial charge < -0.3 is 21.1 Å². The van der Waals surface area contributed by atoms with Gasteiger partial charge in [0.2, 0.25) is 5.91 Å². The average Bonchev–Trinajstić information content (AvgIpc) is 3.26. The van der Waals surface area contributed by atoms with E-state index in [1.807, 2.05) is 0 Å². The molecule has 4 N–H and O–H groups in total. The molecular formula is C13H25N5O2. The Kier molecular flexibility index (Phi) is 6.07. The number of rotatable bonds is 7. The van der Waals surface area contributed by atoms with Crippen molar-refractivity contribution in [1.29, 1.82) is 0 Å². The van der Waals surface area contributed by atoms with Crippen LogP contribution in [-0.4, -0.2) is 68.7 Å². The van der Waals surface area contributed by atoms with Gasteiger partial charge in [0.15, 0.2) is 5.96 Å². The third-order valence-electron chi connectivity index (χ3n) is 3.40. The summed E-state index contributed by atoms with van der Waals surface area (Å²) in [4.78, 5) is 17.8. The molecule has 1 saturated heterocycles. The van der Waals surface area contributed by atoms with Gasteiger partial charge in [0.1, 0.15) is 6.54 Å². The first-order valence-corrected chi connectivity index (χ1v) is 7.37. The Bertz CT molecular complexity index is 338. The minimum Gasteiger partial charge on any atom is -0.379 e. The molecule has 0 atom stereocenters. The molecule has 7 heteroatoms. The zero-order chi connectivity index (χ0) is 14.2. The van der Waals surface area contributed by atoms with E-state index in [0.717, 1.165) is 58.7 Å². The molecular weight excluding hydrogens is 258 g/mol. The lowest BCUT2D eigenvalue weighted by atomic mass is 10.3. The van der Waals surface area contributed by atoms with Gasteiger partial charge in [-0.3, -0.25) is 9.69 Å². The molecule has 0 aromatic carbocycles. The molecule has 2 rings (SSSR count). The van der Waals surface area contributed by atoms with E-state index in [2.05, 4.69) is 20.5 Å². The first-order chi connectivity index (χ1) is 9.74. The molecule has 1 saturated carbocycles. The number of carbonyl (C=O) groups is 1. The van der Waals surface area contributed by atoms with Crippen LogP contribution in [0.5, 0.6) is 0 Å². The highest BCUT2D eigenvalue weighted by atomic mass is 16.5. The van der Waals surface area contributed by atoms with Crippen molar-refractivity contribution in [3.63, 3.8) is 0 Å². The minimum atomic E-state index is -0.0504. The summed E-state index contributed by atoms with van der Waals surface area (Å²) >= 11 is 0. The van der Waals surface area contributed by atoms with E-state index < -0.39 is 0 Å². The van der Waals surface area contributed by atoms with Crippen molar-refractivity contribution in [1.82, 2.24) is 15.5 Å². The lowest BCUT2D eigenvalue weighted by molar-refractivity contribution is -0.119. The monoisotopic (exact) mass is 283 g/mol. The van der Waals surface area contributed by atoms with Crippen LogP contribution < -0.4 is 16.4 Å². The van der Waals surface area contributed by atoms with E-state index in [0.29, 0.717) is 12.0 Å². The summed E-state index contributed by atoms with van der Waals surface area (Å²) in [5.74, 6) is 0.295. The predicted octanol–water partition coefficient (Wildman–Crippen LogP) is -1.11. The van der Waals surface area contributed by atoms with E-state index in [1.165, 1.54) is 0 Å². The molecule has 0 aromatic heterocycles. The molecule has 1 amide bonds. The third kappa shape index (κ3) is 6.21. The van der Waals surface area contributed by atoms with Crippen LogP contribution in [0.25, 0.3) is 0 Å². The number of guanidine groups is 1. The van der Waals surface area contributed by atoms with E-state index >= 15 is 0 Å². The van der Waals surface area contributed by atoms with Crippen molar-refractivity contribution >= 4 is 11.9 Å². The molecule has 7 nitrogen and oxygen atoms in total. The molecule has 0 aromatic rings. The number of amides is 1. The second kappa shape index (κ2) is 8.06. The number of morpholine rings is 1. The van der Waals surface area contributed by atoms with E-state index in [1.54, 1.807) is 0 Å². The summed E-state index contributed by atoms with van der Waals surface area (Å²) in [6.07, 6.45) is 3.18. The zero-order valence-corrected chi connectivity index (χ0v) is 11.9. The molecule has 0 unspecified atom stereocenters. The van der Waals surface area contributed by atoms with Gasteiger partial charge in [0.05, 0.1) is 13.2 Å². The largest absolute Gasteiger partial charge is 0.379 e. The van der Waals surface area contributed by atoms with Crippen LogP contribution in [0.3, 0.4) is 0 Å². The quantitative estimate of drug-likeness (QED) is 0.313. The number of nitrogens with one attached hydrogen (secondary N) is 2. The van der Waals surface area contributed by atoms with E-state index in [9.17, 15) is 4.79 Å². The van der Waals surface area contributed by atoms with Crippen molar-refractivity contribution in [2.75, 3.05) is 45.9 Å². The smallest absolute Gasteiger partial charge is 0.242 e. The maximum Gasteiger partial charge on any atom is 0.242 e. The summed E-state index contributed by atoms with van der Waals surface area (Å²) in [5.41, 5.74) is 5.71. The predicted molar refractivity (Wildman–Crippen MR) is 77.5 cm³/mol. The number of aliphatic imine (C=N–C) groups is 1. The van der Waals surface area contributed by atoms with Gasteiger partial charge in [-0.2, -0.15) is 0 Å². The fourth-order valence-electron chi connectivity index (χ4n) is 2.06. The Hall–Kier alpha value is -1.34. The Morgan fingerprint density at radius 2 is 2.10 bits per heavy atom. The van der Waals surface area contributed by atoms with Crippen molar-refractivity contribution in [2.24, 2.45) is 10.7 Å². The first-order valence-electron chi connectivity index (χ1n) is 7.37. The number of ether oxygens (including phenoxy) is 1. The molecule has 2 fully saturated rings. The molecule has 1 aliphatic heterocycles. The molecule has 0 radical (unpaired) electrons. The third-order valence-corrected chi connectivity index (χ3v) is 3.40. The molecule has 0 spiro atoms. The second-order valence-electron chi connectivity index (χ2n) is 5.28. The van der Waals surface area contributed by atoms with E-state index in [-0.39, 0.29) is 12.5 Å². The maximum absolute atomic E-state index is 11.4. The highest BCUT2D eigenvalue weighted by Gasteiger charge is 2.22. The Balaban J connectivity index is 1.49. The zero-order valence-electron chi connectivity index (χ0n) is 11.9. The average molecular weight is 283 g/mol. The number of hydrogen-bond donors (Lipinski definition) is 3. The number of nitrogens with zero attached hydrogens (tertiary/aromatic N) is 2. The fourth-order valence-corrected chi connectivity index (χ4v) is 2.06. The number of hydrogen-bond acceptors (Lipinski definition) is 4. The summed E-state index contributed by atoms with van der Waals surface area (Å²) in [5, 5.41) is 5.91. The molecule has 20 heavy (non-hydrogen) atoms. The van der Waals surface area contributed by atoms with Gasteiger partial charge in [0, 0.05) is 25.7 Å². The molecule has 1 heterocycles. The first kappa shape index (κ1) is 15.1. The lowest BCUT2D eigenvalue weighted by Crippen LogP contribution is -2.39. The van der Waals surface area contributed by atoms with E-state index in [4.69, 9.17) is 10.5 Å². The van der Waals surface area contributed by atoms with Crippen molar-refractivity contribution < 1.29 is 9.53 Å². The van der Waals surface area contributed by atoms with Crippen LogP contribution in [0.15, 0.2) is 4.99 Å². The highest BCUT2D eigenvalue weighted by Crippen LogP contribution is 2.18. The molecule has 114 valence electrons. The number of carbonyl (C=O) groups excluding carboxylic acids is 1. The van der Waals surface area contributed by atoms with Crippen LogP contribution in [0.4, 0.5) is 0 Å². The summed E-state index contributed by atoms with van der Waals surface area (Å²) in [6, 6.07) is 0.375. The maximum atomic E-state index is 11.4. The van der Waals surface area contributed by atoms with Gasteiger partial charge >= 0.3 is 0 Å². The van der Waals surface area contributed by atoms with Crippen LogP contribution in [0.1, 0.15) is 19.3 Å². The van der Waals surface area contributed by atoms with Crippen molar-refractivity contribution in [2.45, 2.75) is 25.3 Å². The van der Waals surface area contributed by atoms with Crippen LogP contribution in [0, 0.1) is 0 Å². The Morgan fingerprint density at radius 1 is 1.35 bits per heavy atom. The van der Waals surface area contributed by atoms with Gasteiger partial charge in [-0.15, -0.1) is 0 Å². The van der Waals surface area contributed by atoms with Gasteiger partial charge in [0.25, 0.3) is 0 Å². The minimum absolute atomic E-state index is 0.0504. The van der Waals surface area contributed by atoms with Crippen LogP contribution >= 0.6 is 0 Å². The van der Waals surface area contributed by atoms with Crippen LogP contribution in [0.2, 0.25) is 0 Å². The second-order valence-corrected chi connectivity index (χ2v) is 5.28. The Labute approximate surface area is 119 Å². The number of nitrogens with two attached hydrogens (primary N) is 1. The standard InChI is InChI=1S/C13H25N5O2/c14-13(16-10-12(19)17-11-2-3-11)15-4-1-5-18-6-8-20-9-7-18/h11H,1-10H2,(H,17,19)(H3,14,15,16).